The fourth-order valence-corrected chi connectivity index (χ4v) is 2.96. The van der Waals surface area contributed by atoms with E-state index < -0.39 is 0 Å². The van der Waals surface area contributed by atoms with Gasteiger partial charge in [-0.05, 0) is 37.1 Å². The lowest BCUT2D eigenvalue weighted by molar-refractivity contribution is -0.120. The Balaban J connectivity index is 2.21. The Morgan fingerprint density at radius 2 is 2.21 bits per heavy atom. The smallest absolute Gasteiger partial charge is 0.229 e. The zero-order chi connectivity index (χ0) is 14.0. The summed E-state index contributed by atoms with van der Waals surface area (Å²) >= 11 is 3.43. The van der Waals surface area contributed by atoms with Crippen molar-refractivity contribution in [3.8, 4) is 5.75 Å². The van der Waals surface area contributed by atoms with Gasteiger partial charge in [-0.1, -0.05) is 22.9 Å². The van der Waals surface area contributed by atoms with Crippen molar-refractivity contribution in [2.75, 3.05) is 25.5 Å². The van der Waals surface area contributed by atoms with Gasteiger partial charge in [-0.3, -0.25) is 4.79 Å². The number of methoxy groups -OCH3 is 1. The minimum Gasteiger partial charge on any atom is -0.495 e. The largest absolute Gasteiger partial charge is 0.495 e. The summed E-state index contributed by atoms with van der Waals surface area (Å²) in [5.41, 5.74) is 1.74. The van der Waals surface area contributed by atoms with Gasteiger partial charge in [0, 0.05) is 11.0 Å². The molecule has 2 N–H and O–H groups in total. The molecule has 1 heterocycles. The SMILES string of the molecule is COc1cc(Br)cc(C)c1NC(=O)[C@@H]1CNC[C@H]1C. The molecule has 2 atom stereocenters. The number of nitrogens with one attached hydrogen (secondary N) is 2. The first-order chi connectivity index (χ1) is 9.02. The van der Waals surface area contributed by atoms with Gasteiger partial charge in [-0.15, -0.1) is 0 Å². The second-order valence-corrected chi connectivity index (χ2v) is 5.95. The molecule has 104 valence electrons. The molecule has 0 aliphatic carbocycles. The molecule has 1 aromatic rings. The van der Waals surface area contributed by atoms with Gasteiger partial charge in [-0.25, -0.2) is 0 Å². The number of anilines is 1. The standard InChI is InChI=1S/C14H19BrN2O2/c1-8-4-10(15)5-12(19-3)13(8)17-14(18)11-7-16-6-9(11)2/h4-5,9,11,16H,6-7H2,1-3H3,(H,17,18)/t9-,11-/m1/s1. The van der Waals surface area contributed by atoms with Crippen LogP contribution >= 0.6 is 15.9 Å². The molecule has 1 saturated heterocycles. The van der Waals surface area contributed by atoms with Crippen molar-refractivity contribution in [1.29, 1.82) is 0 Å². The zero-order valence-electron chi connectivity index (χ0n) is 11.4. The van der Waals surface area contributed by atoms with E-state index in [4.69, 9.17) is 4.74 Å². The topological polar surface area (TPSA) is 50.4 Å². The predicted molar refractivity (Wildman–Crippen MR) is 79.6 cm³/mol. The van der Waals surface area contributed by atoms with Crippen LogP contribution in [0.4, 0.5) is 5.69 Å². The Morgan fingerprint density at radius 1 is 1.47 bits per heavy atom. The average Bonchev–Trinajstić information content (AvgIpc) is 2.78. The second-order valence-electron chi connectivity index (χ2n) is 5.03. The van der Waals surface area contributed by atoms with Crippen LogP contribution in [0.5, 0.6) is 5.75 Å². The van der Waals surface area contributed by atoms with Crippen LogP contribution in [0.15, 0.2) is 16.6 Å². The van der Waals surface area contributed by atoms with Crippen LogP contribution in [-0.4, -0.2) is 26.1 Å². The molecular formula is C14H19BrN2O2. The van der Waals surface area contributed by atoms with Crippen LogP contribution in [-0.2, 0) is 4.79 Å². The number of aryl methyl sites for hydroxylation is 1. The van der Waals surface area contributed by atoms with Crippen LogP contribution in [0, 0.1) is 18.8 Å². The van der Waals surface area contributed by atoms with Crippen molar-refractivity contribution in [2.24, 2.45) is 11.8 Å². The van der Waals surface area contributed by atoms with E-state index in [0.29, 0.717) is 11.7 Å². The van der Waals surface area contributed by atoms with Crippen LogP contribution < -0.4 is 15.4 Å². The van der Waals surface area contributed by atoms with Gasteiger partial charge in [0.2, 0.25) is 5.91 Å². The first kappa shape index (κ1) is 14.3. The number of amides is 1. The van der Waals surface area contributed by atoms with Gasteiger partial charge in [0.25, 0.3) is 0 Å². The van der Waals surface area contributed by atoms with Crippen molar-refractivity contribution >= 4 is 27.5 Å². The fourth-order valence-electron chi connectivity index (χ4n) is 2.41. The number of carbonyl (C=O) groups is 1. The zero-order valence-corrected chi connectivity index (χ0v) is 13.0. The van der Waals surface area contributed by atoms with Crippen LogP contribution in [0.1, 0.15) is 12.5 Å². The van der Waals surface area contributed by atoms with E-state index in [9.17, 15) is 4.79 Å². The number of halogens is 1. The maximum atomic E-state index is 12.3. The number of hydrogen-bond acceptors (Lipinski definition) is 3. The van der Waals surface area contributed by atoms with E-state index in [2.05, 4.69) is 33.5 Å². The molecule has 2 rings (SSSR count). The summed E-state index contributed by atoms with van der Waals surface area (Å²) in [4.78, 5) is 12.3. The molecule has 0 radical (unpaired) electrons. The Morgan fingerprint density at radius 3 is 2.79 bits per heavy atom. The Labute approximate surface area is 122 Å². The van der Waals surface area contributed by atoms with Crippen LogP contribution in [0.25, 0.3) is 0 Å². The number of ether oxygens (including phenoxy) is 1. The predicted octanol–water partition coefficient (Wildman–Crippen LogP) is 2.56. The summed E-state index contributed by atoms with van der Waals surface area (Å²) in [7, 11) is 1.61. The highest BCUT2D eigenvalue weighted by atomic mass is 79.9. The van der Waals surface area contributed by atoms with Crippen LogP contribution in [0.3, 0.4) is 0 Å². The van der Waals surface area contributed by atoms with E-state index in [-0.39, 0.29) is 11.8 Å². The Bertz CT molecular complexity index is 491. The number of benzene rings is 1. The van der Waals surface area contributed by atoms with Gasteiger partial charge in [0.05, 0.1) is 18.7 Å². The molecule has 1 fully saturated rings. The Hall–Kier alpha value is -1.07. The minimum absolute atomic E-state index is 0.0211. The minimum atomic E-state index is 0.0211. The van der Waals surface area contributed by atoms with E-state index >= 15 is 0 Å². The molecular weight excluding hydrogens is 308 g/mol. The summed E-state index contributed by atoms with van der Waals surface area (Å²) in [6.07, 6.45) is 0. The molecule has 0 spiro atoms. The second kappa shape index (κ2) is 5.92. The van der Waals surface area contributed by atoms with Crippen molar-refractivity contribution in [3.63, 3.8) is 0 Å². The van der Waals surface area contributed by atoms with E-state index in [1.54, 1.807) is 7.11 Å². The normalized spacial score (nSPS) is 22.3. The van der Waals surface area contributed by atoms with Crippen molar-refractivity contribution in [2.45, 2.75) is 13.8 Å². The van der Waals surface area contributed by atoms with Gasteiger partial charge in [0.1, 0.15) is 5.75 Å². The summed E-state index contributed by atoms with van der Waals surface area (Å²) in [6, 6.07) is 3.83. The van der Waals surface area contributed by atoms with Gasteiger partial charge >= 0.3 is 0 Å². The molecule has 0 saturated carbocycles. The maximum absolute atomic E-state index is 12.3. The maximum Gasteiger partial charge on any atom is 0.229 e. The molecule has 5 heteroatoms. The third-order valence-electron chi connectivity index (χ3n) is 3.59. The third kappa shape index (κ3) is 3.09. The lowest BCUT2D eigenvalue weighted by Gasteiger charge is -2.18. The van der Waals surface area contributed by atoms with Gasteiger partial charge in [-0.2, -0.15) is 0 Å². The summed E-state index contributed by atoms with van der Waals surface area (Å²) in [5.74, 6) is 1.12. The lowest BCUT2D eigenvalue weighted by Crippen LogP contribution is -2.28. The van der Waals surface area contributed by atoms with Crippen molar-refractivity contribution < 1.29 is 9.53 Å². The first-order valence-corrected chi connectivity index (χ1v) is 7.18. The summed E-state index contributed by atoms with van der Waals surface area (Å²) in [5, 5.41) is 6.25. The van der Waals surface area contributed by atoms with Gasteiger partial charge in [0.15, 0.2) is 0 Å². The third-order valence-corrected chi connectivity index (χ3v) is 4.04. The highest BCUT2D eigenvalue weighted by molar-refractivity contribution is 9.10. The highest BCUT2D eigenvalue weighted by Crippen LogP contribution is 2.33. The van der Waals surface area contributed by atoms with Crippen molar-refractivity contribution in [1.82, 2.24) is 5.32 Å². The molecule has 1 aliphatic heterocycles. The van der Waals surface area contributed by atoms with Crippen LogP contribution in [0.2, 0.25) is 0 Å². The molecule has 0 bridgehead atoms. The number of carbonyl (C=O) groups excluding carboxylic acids is 1. The fraction of sp³-hybridized carbons (Fsp3) is 0.500. The molecule has 1 amide bonds. The highest BCUT2D eigenvalue weighted by Gasteiger charge is 2.30. The monoisotopic (exact) mass is 326 g/mol. The number of rotatable bonds is 3. The van der Waals surface area contributed by atoms with Crippen molar-refractivity contribution in [3.05, 3.63) is 22.2 Å². The van der Waals surface area contributed by atoms with E-state index in [1.165, 1.54) is 0 Å². The molecule has 4 nitrogen and oxygen atoms in total. The van der Waals surface area contributed by atoms with E-state index in [1.807, 2.05) is 19.1 Å². The first-order valence-electron chi connectivity index (χ1n) is 6.38. The molecule has 19 heavy (non-hydrogen) atoms. The molecule has 1 aliphatic rings. The average molecular weight is 327 g/mol. The Kier molecular flexibility index (Phi) is 4.47. The quantitative estimate of drug-likeness (QED) is 0.897. The molecule has 0 unspecified atom stereocenters. The molecule has 0 aromatic heterocycles. The summed E-state index contributed by atoms with van der Waals surface area (Å²) in [6.45, 7) is 5.69. The van der Waals surface area contributed by atoms with E-state index in [0.717, 1.165) is 28.8 Å². The number of hydrogen-bond donors (Lipinski definition) is 2. The van der Waals surface area contributed by atoms with Gasteiger partial charge < -0.3 is 15.4 Å². The molecule has 1 aromatic carbocycles. The summed E-state index contributed by atoms with van der Waals surface area (Å²) < 4.78 is 6.28. The lowest BCUT2D eigenvalue weighted by atomic mass is 9.97.